The minimum absolute atomic E-state index is 0.0498. The Morgan fingerprint density at radius 1 is 1.42 bits per heavy atom. The van der Waals surface area contributed by atoms with Gasteiger partial charge in [-0.1, -0.05) is 0 Å². The lowest BCUT2D eigenvalue weighted by atomic mass is 10.3. The molecule has 0 bridgehead atoms. The fourth-order valence-corrected chi connectivity index (χ4v) is 2.74. The van der Waals surface area contributed by atoms with E-state index >= 15 is 0 Å². The summed E-state index contributed by atoms with van der Waals surface area (Å²) in [7, 11) is -1.57. The van der Waals surface area contributed by atoms with Gasteiger partial charge >= 0.3 is 0 Å². The lowest BCUT2D eigenvalue weighted by Crippen LogP contribution is -2.36. The van der Waals surface area contributed by atoms with Crippen LogP contribution >= 0.6 is 0 Å². The molecule has 1 aromatic carbocycles. The van der Waals surface area contributed by atoms with Crippen molar-refractivity contribution in [3.05, 3.63) is 29.8 Å². The standard InChI is InChI=1S/C11H15F2NO4S/c1-14(6-9(15)7-18-2)19(16,17)11-4-3-8(12)5-10(11)13/h3-5,9,15H,6-7H2,1-2H3. The predicted molar refractivity (Wildman–Crippen MR) is 64.1 cm³/mol. The summed E-state index contributed by atoms with van der Waals surface area (Å²) < 4.78 is 55.7. The maximum atomic E-state index is 13.5. The molecule has 0 radical (unpaired) electrons. The molecule has 0 saturated carbocycles. The average molecular weight is 295 g/mol. The summed E-state index contributed by atoms with van der Waals surface area (Å²) in [4.78, 5) is -0.638. The third kappa shape index (κ3) is 3.93. The number of nitrogens with zero attached hydrogens (tertiary/aromatic N) is 1. The Balaban J connectivity index is 2.97. The van der Waals surface area contributed by atoms with Gasteiger partial charge in [0, 0.05) is 26.8 Å². The van der Waals surface area contributed by atoms with E-state index in [-0.39, 0.29) is 13.2 Å². The molecule has 1 unspecified atom stereocenters. The van der Waals surface area contributed by atoms with Gasteiger partial charge in [0.2, 0.25) is 10.0 Å². The van der Waals surface area contributed by atoms with Crippen molar-refractivity contribution >= 4 is 10.0 Å². The van der Waals surface area contributed by atoms with Gasteiger partial charge in [0.05, 0.1) is 12.7 Å². The lowest BCUT2D eigenvalue weighted by molar-refractivity contribution is 0.0554. The molecule has 1 atom stereocenters. The minimum Gasteiger partial charge on any atom is -0.389 e. The Labute approximate surface area is 110 Å². The highest BCUT2D eigenvalue weighted by molar-refractivity contribution is 7.89. The first-order valence-corrected chi connectivity index (χ1v) is 6.81. The van der Waals surface area contributed by atoms with Gasteiger partial charge in [-0.25, -0.2) is 17.2 Å². The summed E-state index contributed by atoms with van der Waals surface area (Å²) in [5.74, 6) is -2.04. The zero-order valence-electron chi connectivity index (χ0n) is 10.5. The van der Waals surface area contributed by atoms with Crippen LogP contribution in [-0.4, -0.2) is 51.2 Å². The van der Waals surface area contributed by atoms with E-state index in [0.717, 1.165) is 16.4 Å². The Morgan fingerprint density at radius 3 is 2.58 bits per heavy atom. The molecule has 19 heavy (non-hydrogen) atoms. The first-order chi connectivity index (χ1) is 8.78. The second-order valence-corrected chi connectivity index (χ2v) is 5.98. The Morgan fingerprint density at radius 2 is 2.05 bits per heavy atom. The van der Waals surface area contributed by atoms with Crippen LogP contribution in [0.4, 0.5) is 8.78 Å². The van der Waals surface area contributed by atoms with Crippen molar-refractivity contribution in [1.82, 2.24) is 4.31 Å². The largest absolute Gasteiger partial charge is 0.389 e. The van der Waals surface area contributed by atoms with Gasteiger partial charge in [-0.3, -0.25) is 0 Å². The molecule has 0 fully saturated rings. The van der Waals surface area contributed by atoms with Crippen LogP contribution in [0.3, 0.4) is 0 Å². The first-order valence-electron chi connectivity index (χ1n) is 5.37. The minimum atomic E-state index is -4.12. The second-order valence-electron chi connectivity index (χ2n) is 3.97. The normalized spacial score (nSPS) is 13.8. The van der Waals surface area contributed by atoms with Gasteiger partial charge in [0.1, 0.15) is 16.5 Å². The van der Waals surface area contributed by atoms with Crippen molar-refractivity contribution in [2.45, 2.75) is 11.0 Å². The summed E-state index contributed by atoms with van der Waals surface area (Å²) in [6.45, 7) is -0.307. The molecule has 8 heteroatoms. The summed E-state index contributed by atoms with van der Waals surface area (Å²) in [5, 5.41) is 9.46. The zero-order valence-corrected chi connectivity index (χ0v) is 11.3. The van der Waals surface area contributed by atoms with Crippen LogP contribution in [0.5, 0.6) is 0 Å². The topological polar surface area (TPSA) is 66.8 Å². The maximum absolute atomic E-state index is 13.5. The van der Waals surface area contributed by atoms with Crippen LogP contribution in [0.2, 0.25) is 0 Å². The highest BCUT2D eigenvalue weighted by Gasteiger charge is 2.26. The molecule has 0 saturated heterocycles. The van der Waals surface area contributed by atoms with Gasteiger partial charge < -0.3 is 9.84 Å². The molecule has 0 aromatic heterocycles. The molecular weight excluding hydrogens is 280 g/mol. The van der Waals surface area contributed by atoms with Crippen molar-refractivity contribution in [1.29, 1.82) is 0 Å². The van der Waals surface area contributed by atoms with Crippen molar-refractivity contribution < 1.29 is 27.0 Å². The number of halogens is 2. The highest BCUT2D eigenvalue weighted by atomic mass is 32.2. The van der Waals surface area contributed by atoms with Crippen LogP contribution in [0.25, 0.3) is 0 Å². The van der Waals surface area contributed by atoms with Crippen molar-refractivity contribution in [3.8, 4) is 0 Å². The number of likely N-dealkylation sites (N-methyl/N-ethyl adjacent to an activating group) is 1. The Bertz CT molecular complexity index is 535. The SMILES string of the molecule is COCC(O)CN(C)S(=O)(=O)c1ccc(F)cc1F. The Kier molecular flexibility index (Phi) is 5.36. The predicted octanol–water partition coefficient (Wildman–Crippen LogP) is 0.593. The molecule has 1 aromatic rings. The van der Waals surface area contributed by atoms with E-state index < -0.39 is 32.7 Å². The molecule has 0 spiro atoms. The van der Waals surface area contributed by atoms with Crippen LogP contribution < -0.4 is 0 Å². The monoisotopic (exact) mass is 295 g/mol. The zero-order chi connectivity index (χ0) is 14.6. The molecular formula is C11H15F2NO4S. The number of aliphatic hydroxyl groups is 1. The summed E-state index contributed by atoms with van der Waals surface area (Å²) in [6.07, 6.45) is -1.03. The van der Waals surface area contributed by atoms with Gasteiger partial charge in [-0.2, -0.15) is 4.31 Å². The summed E-state index contributed by atoms with van der Waals surface area (Å²) >= 11 is 0. The quantitative estimate of drug-likeness (QED) is 0.834. The van der Waals surface area contributed by atoms with Crippen LogP contribution in [0.1, 0.15) is 0 Å². The molecule has 0 heterocycles. The number of rotatable bonds is 6. The number of methoxy groups -OCH3 is 1. The third-order valence-corrected chi connectivity index (χ3v) is 4.27. The number of hydrogen-bond donors (Lipinski definition) is 1. The number of aliphatic hydroxyl groups excluding tert-OH is 1. The maximum Gasteiger partial charge on any atom is 0.245 e. The number of hydrogen-bond acceptors (Lipinski definition) is 4. The molecule has 0 aliphatic rings. The molecule has 108 valence electrons. The smallest absolute Gasteiger partial charge is 0.245 e. The second kappa shape index (κ2) is 6.38. The van der Waals surface area contributed by atoms with E-state index in [2.05, 4.69) is 4.74 Å². The number of sulfonamides is 1. The van der Waals surface area contributed by atoms with Crippen LogP contribution in [0.15, 0.2) is 23.1 Å². The molecule has 0 aliphatic carbocycles. The van der Waals surface area contributed by atoms with E-state index in [9.17, 15) is 22.3 Å². The van der Waals surface area contributed by atoms with E-state index in [1.54, 1.807) is 0 Å². The van der Waals surface area contributed by atoms with Crippen molar-refractivity contribution in [2.24, 2.45) is 0 Å². The lowest BCUT2D eigenvalue weighted by Gasteiger charge is -2.20. The van der Waals surface area contributed by atoms with Gasteiger partial charge in [-0.05, 0) is 12.1 Å². The van der Waals surface area contributed by atoms with E-state index in [0.29, 0.717) is 6.07 Å². The fraction of sp³-hybridized carbons (Fsp3) is 0.455. The Hall–Kier alpha value is -1.09. The molecule has 5 nitrogen and oxygen atoms in total. The number of benzene rings is 1. The molecule has 1 rings (SSSR count). The molecule has 0 aliphatic heterocycles. The van der Waals surface area contributed by atoms with Gasteiger partial charge in [0.15, 0.2) is 0 Å². The van der Waals surface area contributed by atoms with E-state index in [1.807, 2.05) is 0 Å². The number of ether oxygens (including phenoxy) is 1. The van der Waals surface area contributed by atoms with Crippen LogP contribution in [-0.2, 0) is 14.8 Å². The molecule has 0 amide bonds. The van der Waals surface area contributed by atoms with E-state index in [4.69, 9.17) is 0 Å². The van der Waals surface area contributed by atoms with Crippen molar-refractivity contribution in [3.63, 3.8) is 0 Å². The van der Waals surface area contributed by atoms with E-state index in [1.165, 1.54) is 14.2 Å². The van der Waals surface area contributed by atoms with Gasteiger partial charge in [0.25, 0.3) is 0 Å². The third-order valence-electron chi connectivity index (χ3n) is 2.41. The summed E-state index contributed by atoms with van der Waals surface area (Å²) in [5.41, 5.74) is 0. The van der Waals surface area contributed by atoms with Crippen LogP contribution in [0, 0.1) is 11.6 Å². The van der Waals surface area contributed by atoms with Gasteiger partial charge in [-0.15, -0.1) is 0 Å². The van der Waals surface area contributed by atoms with Crippen molar-refractivity contribution in [2.75, 3.05) is 27.3 Å². The fourth-order valence-electron chi connectivity index (χ4n) is 1.49. The summed E-state index contributed by atoms with van der Waals surface area (Å²) in [6, 6.07) is 2.20. The highest BCUT2D eigenvalue weighted by Crippen LogP contribution is 2.19. The average Bonchev–Trinajstić information content (AvgIpc) is 2.28. The first kappa shape index (κ1) is 16.0. The molecule has 1 N–H and O–H groups in total.